The standard InChI is InChI=1S/C14H19NO4/c1-4-19-12-6-5-11(9-10(12)2)7-8-15-13(16)14(17)18-3/h5-6,9H,4,7-8H2,1-3H3,(H,15,16). The zero-order valence-electron chi connectivity index (χ0n) is 11.5. The van der Waals surface area contributed by atoms with Gasteiger partial charge in [-0.25, -0.2) is 4.79 Å². The fourth-order valence-electron chi connectivity index (χ4n) is 1.67. The Morgan fingerprint density at radius 3 is 2.63 bits per heavy atom. The van der Waals surface area contributed by atoms with Crippen molar-refractivity contribution in [3.8, 4) is 5.75 Å². The van der Waals surface area contributed by atoms with E-state index >= 15 is 0 Å². The predicted molar refractivity (Wildman–Crippen MR) is 71.1 cm³/mol. The van der Waals surface area contributed by atoms with E-state index in [2.05, 4.69) is 10.1 Å². The molecule has 1 aromatic carbocycles. The average Bonchev–Trinajstić information content (AvgIpc) is 2.40. The van der Waals surface area contributed by atoms with Crippen molar-refractivity contribution in [2.45, 2.75) is 20.3 Å². The normalized spacial score (nSPS) is 9.84. The largest absolute Gasteiger partial charge is 0.494 e. The van der Waals surface area contributed by atoms with Crippen LogP contribution in [-0.2, 0) is 20.7 Å². The molecule has 0 aliphatic heterocycles. The van der Waals surface area contributed by atoms with E-state index in [1.54, 1.807) is 0 Å². The summed E-state index contributed by atoms with van der Waals surface area (Å²) in [6, 6.07) is 5.87. The van der Waals surface area contributed by atoms with Crippen molar-refractivity contribution in [1.29, 1.82) is 0 Å². The molecule has 5 heteroatoms. The molecule has 0 heterocycles. The van der Waals surface area contributed by atoms with Crippen LogP contribution in [0.2, 0.25) is 0 Å². The van der Waals surface area contributed by atoms with Crippen LogP contribution >= 0.6 is 0 Å². The summed E-state index contributed by atoms with van der Waals surface area (Å²) in [6.45, 7) is 4.94. The van der Waals surface area contributed by atoms with Gasteiger partial charge < -0.3 is 14.8 Å². The molecule has 1 rings (SSSR count). The summed E-state index contributed by atoms with van der Waals surface area (Å²) in [5, 5.41) is 2.50. The molecule has 0 aliphatic carbocycles. The molecule has 0 spiro atoms. The van der Waals surface area contributed by atoms with Crippen LogP contribution in [0.4, 0.5) is 0 Å². The van der Waals surface area contributed by atoms with Gasteiger partial charge in [0.05, 0.1) is 13.7 Å². The number of rotatable bonds is 5. The lowest BCUT2D eigenvalue weighted by atomic mass is 10.1. The Hall–Kier alpha value is -2.04. The fourth-order valence-corrected chi connectivity index (χ4v) is 1.67. The fraction of sp³-hybridized carbons (Fsp3) is 0.429. The molecule has 0 unspecified atom stereocenters. The zero-order valence-corrected chi connectivity index (χ0v) is 11.5. The van der Waals surface area contributed by atoms with Gasteiger partial charge in [0.2, 0.25) is 0 Å². The highest BCUT2D eigenvalue weighted by molar-refractivity contribution is 6.32. The first-order valence-electron chi connectivity index (χ1n) is 6.17. The van der Waals surface area contributed by atoms with E-state index in [0.29, 0.717) is 19.6 Å². The molecule has 104 valence electrons. The molecule has 0 radical (unpaired) electrons. The lowest BCUT2D eigenvalue weighted by Crippen LogP contribution is -2.33. The number of amides is 1. The summed E-state index contributed by atoms with van der Waals surface area (Å²) in [4.78, 5) is 22.0. The molecule has 1 amide bonds. The lowest BCUT2D eigenvalue weighted by Gasteiger charge is -2.09. The van der Waals surface area contributed by atoms with Crippen molar-refractivity contribution >= 4 is 11.9 Å². The van der Waals surface area contributed by atoms with Gasteiger partial charge in [-0.05, 0) is 37.5 Å². The third-order valence-corrected chi connectivity index (χ3v) is 2.61. The maximum Gasteiger partial charge on any atom is 0.396 e. The highest BCUT2D eigenvalue weighted by Gasteiger charge is 2.12. The van der Waals surface area contributed by atoms with E-state index in [1.165, 1.54) is 7.11 Å². The number of methoxy groups -OCH3 is 1. The first kappa shape index (κ1) is 15.0. The molecule has 1 aromatic rings. The van der Waals surface area contributed by atoms with E-state index in [9.17, 15) is 9.59 Å². The summed E-state index contributed by atoms with van der Waals surface area (Å²) < 4.78 is 9.76. The first-order valence-corrected chi connectivity index (χ1v) is 6.17. The Kier molecular flexibility index (Phi) is 5.85. The number of hydrogen-bond acceptors (Lipinski definition) is 4. The van der Waals surface area contributed by atoms with E-state index in [0.717, 1.165) is 16.9 Å². The van der Waals surface area contributed by atoms with Crippen molar-refractivity contribution in [2.24, 2.45) is 0 Å². The van der Waals surface area contributed by atoms with Crippen molar-refractivity contribution in [3.63, 3.8) is 0 Å². The van der Waals surface area contributed by atoms with Gasteiger partial charge in [-0.1, -0.05) is 12.1 Å². The van der Waals surface area contributed by atoms with Crippen molar-refractivity contribution < 1.29 is 19.1 Å². The number of esters is 1. The number of hydrogen-bond donors (Lipinski definition) is 1. The maximum absolute atomic E-state index is 11.2. The zero-order chi connectivity index (χ0) is 14.3. The SMILES string of the molecule is CCOc1ccc(CCNC(=O)C(=O)OC)cc1C. The van der Waals surface area contributed by atoms with Crippen LogP contribution in [0, 0.1) is 6.92 Å². The van der Waals surface area contributed by atoms with Gasteiger partial charge in [0, 0.05) is 6.54 Å². The molecular weight excluding hydrogens is 246 g/mol. The molecule has 0 bridgehead atoms. The third kappa shape index (κ3) is 4.62. The summed E-state index contributed by atoms with van der Waals surface area (Å²) in [5.41, 5.74) is 2.13. The van der Waals surface area contributed by atoms with Gasteiger partial charge in [-0.2, -0.15) is 0 Å². The van der Waals surface area contributed by atoms with Gasteiger partial charge >= 0.3 is 11.9 Å². The molecule has 19 heavy (non-hydrogen) atoms. The maximum atomic E-state index is 11.2. The predicted octanol–water partition coefficient (Wildman–Crippen LogP) is 1.23. The van der Waals surface area contributed by atoms with Gasteiger partial charge in [0.1, 0.15) is 5.75 Å². The second-order valence-electron chi connectivity index (χ2n) is 4.03. The molecule has 5 nitrogen and oxygen atoms in total. The highest BCUT2D eigenvalue weighted by Crippen LogP contribution is 2.19. The van der Waals surface area contributed by atoms with E-state index in [1.807, 2.05) is 32.0 Å². The summed E-state index contributed by atoms with van der Waals surface area (Å²) in [5.74, 6) is -0.724. The average molecular weight is 265 g/mol. The number of ether oxygens (including phenoxy) is 2. The highest BCUT2D eigenvalue weighted by atomic mass is 16.5. The number of carbonyl (C=O) groups excluding carboxylic acids is 2. The minimum atomic E-state index is -0.872. The molecule has 0 fully saturated rings. The van der Waals surface area contributed by atoms with Crippen LogP contribution in [0.3, 0.4) is 0 Å². The molecule has 0 saturated carbocycles. The smallest absolute Gasteiger partial charge is 0.396 e. The first-order chi connectivity index (χ1) is 9.08. The minimum absolute atomic E-state index is 0.390. The van der Waals surface area contributed by atoms with Gasteiger partial charge in [0.15, 0.2) is 0 Å². The molecule has 0 aromatic heterocycles. The number of carbonyl (C=O) groups is 2. The van der Waals surface area contributed by atoms with E-state index in [4.69, 9.17) is 4.74 Å². The monoisotopic (exact) mass is 265 g/mol. The summed E-state index contributed by atoms with van der Waals surface area (Å²) >= 11 is 0. The topological polar surface area (TPSA) is 64.6 Å². The third-order valence-electron chi connectivity index (χ3n) is 2.61. The summed E-state index contributed by atoms with van der Waals surface area (Å²) in [6.07, 6.45) is 0.649. The Morgan fingerprint density at radius 2 is 2.05 bits per heavy atom. The molecule has 0 saturated heterocycles. The Morgan fingerprint density at radius 1 is 1.32 bits per heavy atom. The molecule has 1 N–H and O–H groups in total. The summed E-state index contributed by atoms with van der Waals surface area (Å²) in [7, 11) is 1.18. The second-order valence-corrected chi connectivity index (χ2v) is 4.03. The minimum Gasteiger partial charge on any atom is -0.494 e. The van der Waals surface area contributed by atoms with Crippen LogP contribution in [0.5, 0.6) is 5.75 Å². The molecular formula is C14H19NO4. The molecule has 0 aliphatic rings. The van der Waals surface area contributed by atoms with Gasteiger partial charge in [0.25, 0.3) is 0 Å². The second kappa shape index (κ2) is 7.41. The lowest BCUT2D eigenvalue weighted by molar-refractivity contribution is -0.152. The van der Waals surface area contributed by atoms with Crippen LogP contribution < -0.4 is 10.1 Å². The number of benzene rings is 1. The van der Waals surface area contributed by atoms with Crippen LogP contribution in [0.15, 0.2) is 18.2 Å². The van der Waals surface area contributed by atoms with Crippen LogP contribution in [0.1, 0.15) is 18.1 Å². The number of aryl methyl sites for hydroxylation is 1. The van der Waals surface area contributed by atoms with Crippen molar-refractivity contribution in [2.75, 3.05) is 20.3 Å². The van der Waals surface area contributed by atoms with E-state index in [-0.39, 0.29) is 0 Å². The Labute approximate surface area is 112 Å². The van der Waals surface area contributed by atoms with Crippen molar-refractivity contribution in [1.82, 2.24) is 5.32 Å². The van der Waals surface area contributed by atoms with Crippen molar-refractivity contribution in [3.05, 3.63) is 29.3 Å². The Bertz CT molecular complexity index is 457. The van der Waals surface area contributed by atoms with Crippen LogP contribution in [0.25, 0.3) is 0 Å². The quantitative estimate of drug-likeness (QED) is 0.642. The molecule has 0 atom stereocenters. The van der Waals surface area contributed by atoms with Crippen LogP contribution in [-0.4, -0.2) is 32.1 Å². The van der Waals surface area contributed by atoms with E-state index < -0.39 is 11.9 Å². The van der Waals surface area contributed by atoms with Gasteiger partial charge in [-0.15, -0.1) is 0 Å². The Balaban J connectivity index is 2.48. The number of nitrogens with one attached hydrogen (secondary N) is 1. The van der Waals surface area contributed by atoms with Gasteiger partial charge in [-0.3, -0.25) is 4.79 Å².